The van der Waals surface area contributed by atoms with Gasteiger partial charge in [0.15, 0.2) is 0 Å². The summed E-state index contributed by atoms with van der Waals surface area (Å²) in [6.07, 6.45) is -0.289. The molecule has 0 saturated heterocycles. The quantitative estimate of drug-likeness (QED) is 0.186. The smallest absolute Gasteiger partial charge is 0.376 e. The Bertz CT molecular complexity index is 937. The summed E-state index contributed by atoms with van der Waals surface area (Å²) in [5.41, 5.74) is -0.326. The van der Waals surface area contributed by atoms with Crippen LogP contribution in [0.25, 0.3) is 0 Å². The third kappa shape index (κ3) is 8.21. The van der Waals surface area contributed by atoms with Crippen LogP contribution in [0.4, 0.5) is 5.69 Å². The molecule has 0 spiro atoms. The van der Waals surface area contributed by atoms with Crippen molar-refractivity contribution < 1.29 is 28.8 Å². The molecular weight excluding hydrogens is 422 g/mol. The van der Waals surface area contributed by atoms with E-state index in [1.807, 2.05) is 6.07 Å². The van der Waals surface area contributed by atoms with Gasteiger partial charge in [-0.25, -0.2) is 4.79 Å². The average Bonchev–Trinajstić information content (AvgIpc) is 2.70. The topological polar surface area (TPSA) is 113 Å². The zero-order valence-electron chi connectivity index (χ0n) is 17.4. The van der Waals surface area contributed by atoms with E-state index in [0.29, 0.717) is 10.5 Å². The molecule has 31 heavy (non-hydrogen) atoms. The summed E-state index contributed by atoms with van der Waals surface area (Å²) in [6, 6.07) is 14.3. The van der Waals surface area contributed by atoms with Crippen molar-refractivity contribution in [3.8, 4) is 0 Å². The zero-order valence-corrected chi connectivity index (χ0v) is 18.2. The lowest BCUT2D eigenvalue weighted by Crippen LogP contribution is -2.32. The summed E-state index contributed by atoms with van der Waals surface area (Å²) in [5, 5.41) is 9.69. The minimum Gasteiger partial charge on any atom is -0.460 e. The lowest BCUT2D eigenvalue weighted by Gasteiger charge is -2.21. The molecule has 1 unspecified atom stereocenters. The molecule has 0 bridgehead atoms. The standard InChI is InChI=1S/C22H23NO7S/c1-22(2,3)30-19(24)13-18(31-17-7-5-4-6-8-17)20(25)21(26)29-14-15-9-11-16(12-10-15)23(27)28/h4-12,18H,13-14H2,1-3H3. The van der Waals surface area contributed by atoms with E-state index in [1.165, 1.54) is 24.3 Å². The molecular formula is C22H23NO7S. The first-order chi connectivity index (χ1) is 14.5. The van der Waals surface area contributed by atoms with Crippen molar-refractivity contribution in [1.82, 2.24) is 0 Å². The number of nitro benzene ring substituents is 1. The summed E-state index contributed by atoms with van der Waals surface area (Å²) >= 11 is 1.08. The fourth-order valence-electron chi connectivity index (χ4n) is 2.45. The van der Waals surface area contributed by atoms with E-state index >= 15 is 0 Å². The van der Waals surface area contributed by atoms with Crippen LogP contribution in [0.2, 0.25) is 0 Å². The molecule has 0 amide bonds. The van der Waals surface area contributed by atoms with Crippen LogP contribution < -0.4 is 0 Å². The summed E-state index contributed by atoms with van der Waals surface area (Å²) in [7, 11) is 0. The fourth-order valence-corrected chi connectivity index (χ4v) is 3.52. The number of carbonyl (C=O) groups is 3. The minimum absolute atomic E-state index is 0.0946. The number of nitrogens with zero attached hydrogens (tertiary/aromatic N) is 1. The second kappa shape index (κ2) is 10.7. The fraction of sp³-hybridized carbons (Fsp3) is 0.318. The molecule has 0 fully saturated rings. The Balaban J connectivity index is 2.06. The van der Waals surface area contributed by atoms with Gasteiger partial charge in [0.2, 0.25) is 0 Å². The highest BCUT2D eigenvalue weighted by Crippen LogP contribution is 2.27. The Morgan fingerprint density at radius 3 is 2.19 bits per heavy atom. The number of hydrogen-bond acceptors (Lipinski definition) is 8. The van der Waals surface area contributed by atoms with Gasteiger partial charge in [0.1, 0.15) is 12.2 Å². The van der Waals surface area contributed by atoms with Gasteiger partial charge in [-0.2, -0.15) is 0 Å². The first kappa shape index (κ1) is 24.1. The van der Waals surface area contributed by atoms with Crippen LogP contribution in [0, 0.1) is 10.1 Å². The van der Waals surface area contributed by atoms with E-state index in [-0.39, 0.29) is 18.7 Å². The van der Waals surface area contributed by atoms with Crippen LogP contribution in [0.5, 0.6) is 0 Å². The molecule has 0 aliphatic rings. The van der Waals surface area contributed by atoms with Crippen molar-refractivity contribution >= 4 is 35.2 Å². The Morgan fingerprint density at radius 2 is 1.65 bits per heavy atom. The Hall–Kier alpha value is -3.20. The van der Waals surface area contributed by atoms with Crippen molar-refractivity contribution in [2.24, 2.45) is 0 Å². The van der Waals surface area contributed by atoms with E-state index in [1.54, 1.807) is 45.0 Å². The zero-order chi connectivity index (χ0) is 23.0. The van der Waals surface area contributed by atoms with Gasteiger partial charge < -0.3 is 9.47 Å². The summed E-state index contributed by atoms with van der Waals surface area (Å²) in [5.74, 6) is -2.55. The number of non-ortho nitro benzene ring substituents is 1. The molecule has 2 rings (SSSR count). The summed E-state index contributed by atoms with van der Waals surface area (Å²) in [4.78, 5) is 48.2. The van der Waals surface area contributed by atoms with E-state index in [4.69, 9.17) is 9.47 Å². The number of carbonyl (C=O) groups excluding carboxylic acids is 3. The maximum absolute atomic E-state index is 12.7. The number of nitro groups is 1. The Morgan fingerprint density at radius 1 is 1.03 bits per heavy atom. The average molecular weight is 445 g/mol. The molecule has 0 N–H and O–H groups in total. The number of ketones is 1. The normalized spacial score (nSPS) is 12.0. The first-order valence-corrected chi connectivity index (χ1v) is 10.3. The largest absolute Gasteiger partial charge is 0.460 e. The van der Waals surface area contributed by atoms with Crippen molar-refractivity contribution in [3.05, 3.63) is 70.3 Å². The van der Waals surface area contributed by atoms with Crippen molar-refractivity contribution in [2.75, 3.05) is 0 Å². The van der Waals surface area contributed by atoms with Gasteiger partial charge in [-0.1, -0.05) is 18.2 Å². The Kier molecular flexibility index (Phi) is 8.32. The second-order valence-corrected chi connectivity index (χ2v) is 8.85. The number of esters is 2. The summed E-state index contributed by atoms with van der Waals surface area (Å²) in [6.45, 7) is 4.91. The summed E-state index contributed by atoms with van der Waals surface area (Å²) < 4.78 is 10.4. The van der Waals surface area contributed by atoms with Gasteiger partial charge in [-0.15, -0.1) is 11.8 Å². The van der Waals surface area contributed by atoms with E-state index in [2.05, 4.69) is 0 Å². The van der Waals surface area contributed by atoms with Crippen LogP contribution in [-0.2, 0) is 30.5 Å². The van der Waals surface area contributed by atoms with Crippen LogP contribution in [0.15, 0.2) is 59.5 Å². The predicted molar refractivity (Wildman–Crippen MR) is 114 cm³/mol. The number of Topliss-reactive ketones (excluding diaryl/α,β-unsaturated/α-hetero) is 1. The number of ether oxygens (including phenoxy) is 2. The molecule has 164 valence electrons. The van der Waals surface area contributed by atoms with Gasteiger partial charge in [-0.3, -0.25) is 19.7 Å². The van der Waals surface area contributed by atoms with Crippen LogP contribution in [-0.4, -0.2) is 33.5 Å². The predicted octanol–water partition coefficient (Wildman–Crippen LogP) is 4.10. The molecule has 9 heteroatoms. The molecule has 0 aliphatic carbocycles. The maximum Gasteiger partial charge on any atom is 0.376 e. The maximum atomic E-state index is 12.7. The van der Waals surface area contributed by atoms with Crippen LogP contribution >= 0.6 is 11.8 Å². The highest BCUT2D eigenvalue weighted by Gasteiger charge is 2.31. The third-order valence-electron chi connectivity index (χ3n) is 3.80. The highest BCUT2D eigenvalue weighted by atomic mass is 32.2. The molecule has 0 heterocycles. The van der Waals surface area contributed by atoms with Gasteiger partial charge in [0.05, 0.1) is 16.6 Å². The number of hydrogen-bond donors (Lipinski definition) is 0. The Labute approximate surface area is 184 Å². The van der Waals surface area contributed by atoms with Gasteiger partial charge >= 0.3 is 11.9 Å². The number of rotatable bonds is 9. The lowest BCUT2D eigenvalue weighted by molar-refractivity contribution is -0.384. The molecule has 2 aromatic carbocycles. The van der Waals surface area contributed by atoms with E-state index < -0.39 is 33.5 Å². The monoisotopic (exact) mass is 445 g/mol. The highest BCUT2D eigenvalue weighted by molar-refractivity contribution is 8.00. The molecule has 0 aromatic heterocycles. The molecule has 2 aromatic rings. The van der Waals surface area contributed by atoms with Gasteiger partial charge in [0, 0.05) is 17.0 Å². The van der Waals surface area contributed by atoms with Gasteiger partial charge in [-0.05, 0) is 50.6 Å². The molecule has 1 atom stereocenters. The van der Waals surface area contributed by atoms with Gasteiger partial charge in [0.25, 0.3) is 11.5 Å². The minimum atomic E-state index is -1.09. The van der Waals surface area contributed by atoms with Crippen LogP contribution in [0.1, 0.15) is 32.8 Å². The van der Waals surface area contributed by atoms with Crippen LogP contribution in [0.3, 0.4) is 0 Å². The molecule has 0 radical (unpaired) electrons. The van der Waals surface area contributed by atoms with E-state index in [9.17, 15) is 24.5 Å². The first-order valence-electron chi connectivity index (χ1n) is 9.43. The van der Waals surface area contributed by atoms with E-state index in [0.717, 1.165) is 11.8 Å². The SMILES string of the molecule is CC(C)(C)OC(=O)CC(Sc1ccccc1)C(=O)C(=O)OCc1ccc([N+](=O)[O-])cc1. The second-order valence-electron chi connectivity index (χ2n) is 7.57. The molecule has 0 aliphatic heterocycles. The molecule has 0 saturated carbocycles. The van der Waals surface area contributed by atoms with Crippen molar-refractivity contribution in [1.29, 1.82) is 0 Å². The third-order valence-corrected chi connectivity index (χ3v) is 5.01. The van der Waals surface area contributed by atoms with Crippen molar-refractivity contribution in [3.63, 3.8) is 0 Å². The molecule has 8 nitrogen and oxygen atoms in total. The lowest BCUT2D eigenvalue weighted by atomic mass is 10.1. The van der Waals surface area contributed by atoms with Crippen molar-refractivity contribution in [2.45, 2.75) is 49.5 Å². The number of benzene rings is 2. The number of thioether (sulfide) groups is 1.